The molecule has 0 aliphatic rings. The molecule has 0 fully saturated rings. The summed E-state index contributed by atoms with van der Waals surface area (Å²) in [6, 6.07) is 11.8. The molecule has 0 heterocycles. The van der Waals surface area contributed by atoms with Crippen molar-refractivity contribution in [2.45, 2.75) is 19.8 Å². The lowest BCUT2D eigenvalue weighted by Gasteiger charge is -2.06. The minimum atomic E-state index is -0.271. The number of nitrogen functional groups attached to an aromatic ring is 1. The lowest BCUT2D eigenvalue weighted by Crippen LogP contribution is -2.07. The first-order chi connectivity index (χ1) is 9.04. The van der Waals surface area contributed by atoms with Crippen LogP contribution in [0.25, 0.3) is 0 Å². The quantitative estimate of drug-likeness (QED) is 0.855. The van der Waals surface area contributed by atoms with Crippen molar-refractivity contribution in [1.29, 1.82) is 0 Å². The third-order valence-corrected chi connectivity index (χ3v) is 3.07. The number of hydrogen-bond acceptors (Lipinski definition) is 2. The number of anilines is 1. The Hall–Kier alpha value is -2.16. The summed E-state index contributed by atoms with van der Waals surface area (Å²) in [7, 11) is 0. The van der Waals surface area contributed by atoms with Crippen LogP contribution in [0.15, 0.2) is 42.5 Å². The highest BCUT2D eigenvalue weighted by molar-refractivity contribution is 5.83. The van der Waals surface area contributed by atoms with Gasteiger partial charge in [0.15, 0.2) is 0 Å². The molecule has 2 N–H and O–H groups in total. The van der Waals surface area contributed by atoms with Crippen LogP contribution in [0, 0.1) is 12.7 Å². The second kappa shape index (κ2) is 5.65. The third-order valence-electron chi connectivity index (χ3n) is 3.07. The predicted molar refractivity (Wildman–Crippen MR) is 74.4 cm³/mol. The van der Waals surface area contributed by atoms with Crippen LogP contribution in [0.4, 0.5) is 10.1 Å². The van der Waals surface area contributed by atoms with Gasteiger partial charge >= 0.3 is 0 Å². The highest BCUT2D eigenvalue weighted by Gasteiger charge is 2.08. The van der Waals surface area contributed by atoms with Gasteiger partial charge in [0.25, 0.3) is 0 Å². The van der Waals surface area contributed by atoms with Gasteiger partial charge in [0.1, 0.15) is 11.6 Å². The van der Waals surface area contributed by atoms with Gasteiger partial charge in [-0.05, 0) is 47.9 Å². The maximum Gasteiger partial charge on any atom is 0.141 e. The van der Waals surface area contributed by atoms with Crippen LogP contribution in [0.2, 0.25) is 0 Å². The first-order valence-electron chi connectivity index (χ1n) is 6.16. The van der Waals surface area contributed by atoms with Crippen LogP contribution in [0.1, 0.15) is 16.7 Å². The second-order valence-electron chi connectivity index (χ2n) is 4.70. The first kappa shape index (κ1) is 13.3. The molecule has 98 valence electrons. The van der Waals surface area contributed by atoms with Gasteiger partial charge in [-0.15, -0.1) is 0 Å². The second-order valence-corrected chi connectivity index (χ2v) is 4.70. The van der Waals surface area contributed by atoms with Crippen molar-refractivity contribution >= 4 is 11.5 Å². The van der Waals surface area contributed by atoms with Crippen LogP contribution in [-0.4, -0.2) is 5.78 Å². The van der Waals surface area contributed by atoms with Crippen LogP contribution in [0.3, 0.4) is 0 Å². The van der Waals surface area contributed by atoms with Gasteiger partial charge in [-0.1, -0.05) is 18.2 Å². The number of nitrogens with two attached hydrogens (primary N) is 1. The van der Waals surface area contributed by atoms with Gasteiger partial charge in [-0.25, -0.2) is 4.39 Å². The molecule has 0 aliphatic carbocycles. The fourth-order valence-corrected chi connectivity index (χ4v) is 2.00. The Kier molecular flexibility index (Phi) is 3.95. The van der Waals surface area contributed by atoms with E-state index < -0.39 is 0 Å². The molecule has 0 atom stereocenters. The van der Waals surface area contributed by atoms with Crippen LogP contribution >= 0.6 is 0 Å². The van der Waals surface area contributed by atoms with Gasteiger partial charge in [-0.2, -0.15) is 0 Å². The molecule has 0 spiro atoms. The molecule has 0 amide bonds. The minimum Gasteiger partial charge on any atom is -0.399 e. The molecule has 2 aromatic rings. The molecular formula is C16H16FNO. The van der Waals surface area contributed by atoms with Gasteiger partial charge in [0, 0.05) is 18.5 Å². The Labute approximate surface area is 112 Å². The molecule has 19 heavy (non-hydrogen) atoms. The van der Waals surface area contributed by atoms with E-state index in [0.29, 0.717) is 18.5 Å². The van der Waals surface area contributed by atoms with Crippen molar-refractivity contribution in [3.63, 3.8) is 0 Å². The van der Waals surface area contributed by atoms with Crippen molar-refractivity contribution in [2.24, 2.45) is 0 Å². The molecule has 2 nitrogen and oxygen atoms in total. The number of carbonyl (C=O) groups excluding carboxylic acids is 1. The van der Waals surface area contributed by atoms with Crippen LogP contribution < -0.4 is 5.73 Å². The summed E-state index contributed by atoms with van der Waals surface area (Å²) in [6.07, 6.45) is 0.702. The van der Waals surface area contributed by atoms with Gasteiger partial charge in [0.2, 0.25) is 0 Å². The molecule has 2 rings (SSSR count). The van der Waals surface area contributed by atoms with Crippen molar-refractivity contribution in [2.75, 3.05) is 5.73 Å². The largest absolute Gasteiger partial charge is 0.399 e. The molecule has 0 aromatic heterocycles. The Morgan fingerprint density at radius 1 is 1.11 bits per heavy atom. The average Bonchev–Trinajstić information content (AvgIpc) is 2.36. The predicted octanol–water partition coefficient (Wildman–Crippen LogP) is 3.07. The summed E-state index contributed by atoms with van der Waals surface area (Å²) >= 11 is 0. The van der Waals surface area contributed by atoms with Crippen molar-refractivity contribution in [3.05, 3.63) is 65.0 Å². The van der Waals surface area contributed by atoms with E-state index in [4.69, 9.17) is 5.73 Å². The number of aryl methyl sites for hydroxylation is 1. The number of carbonyl (C=O) groups is 1. The molecule has 0 bridgehead atoms. The number of benzene rings is 2. The summed E-state index contributed by atoms with van der Waals surface area (Å²) in [5, 5.41) is 0. The highest BCUT2D eigenvalue weighted by Crippen LogP contribution is 2.13. The zero-order chi connectivity index (χ0) is 13.8. The van der Waals surface area contributed by atoms with Gasteiger partial charge in [-0.3, -0.25) is 4.79 Å². The third kappa shape index (κ3) is 3.65. The van der Waals surface area contributed by atoms with E-state index in [0.717, 1.165) is 16.7 Å². The lowest BCUT2D eigenvalue weighted by atomic mass is 9.99. The fraction of sp³-hybridized carbons (Fsp3) is 0.188. The van der Waals surface area contributed by atoms with Crippen molar-refractivity contribution in [1.82, 2.24) is 0 Å². The van der Waals surface area contributed by atoms with E-state index in [-0.39, 0.29) is 11.6 Å². The van der Waals surface area contributed by atoms with Gasteiger partial charge in [0.05, 0.1) is 0 Å². The monoisotopic (exact) mass is 257 g/mol. The number of halogens is 1. The maximum atomic E-state index is 13.0. The lowest BCUT2D eigenvalue weighted by molar-refractivity contribution is -0.117. The number of Topliss-reactive ketones (excluding diaryl/α,β-unsaturated/α-hetero) is 1. The minimum absolute atomic E-state index is 0.111. The number of ketones is 1. The molecule has 0 radical (unpaired) electrons. The zero-order valence-corrected chi connectivity index (χ0v) is 10.8. The SMILES string of the molecule is Cc1cc(F)ccc1CC(=O)Cc1ccc(N)cc1. The standard InChI is InChI=1S/C16H16FNO/c1-11-8-14(17)5-4-13(11)10-16(19)9-12-2-6-15(18)7-3-12/h2-8H,9-10,18H2,1H3. The molecule has 0 unspecified atom stereocenters. The molecule has 2 aromatic carbocycles. The van der Waals surface area contributed by atoms with E-state index in [9.17, 15) is 9.18 Å². The van der Waals surface area contributed by atoms with Gasteiger partial charge < -0.3 is 5.73 Å². The van der Waals surface area contributed by atoms with Crippen molar-refractivity contribution in [3.8, 4) is 0 Å². The Bertz CT molecular complexity index is 590. The van der Waals surface area contributed by atoms with E-state index in [1.807, 2.05) is 19.1 Å². The fourth-order valence-electron chi connectivity index (χ4n) is 2.00. The molecular weight excluding hydrogens is 241 g/mol. The van der Waals surface area contributed by atoms with Crippen LogP contribution in [-0.2, 0) is 17.6 Å². The zero-order valence-electron chi connectivity index (χ0n) is 10.8. The summed E-state index contributed by atoms with van der Waals surface area (Å²) in [4.78, 5) is 12.0. The summed E-state index contributed by atoms with van der Waals surface area (Å²) in [5.74, 6) is -0.160. The summed E-state index contributed by atoms with van der Waals surface area (Å²) in [5.41, 5.74) is 8.91. The van der Waals surface area contributed by atoms with E-state index in [1.165, 1.54) is 12.1 Å². The number of hydrogen-bond donors (Lipinski definition) is 1. The van der Waals surface area contributed by atoms with E-state index in [1.54, 1.807) is 18.2 Å². The molecule has 0 saturated heterocycles. The van der Waals surface area contributed by atoms with E-state index in [2.05, 4.69) is 0 Å². The average molecular weight is 257 g/mol. The number of rotatable bonds is 4. The Morgan fingerprint density at radius 3 is 2.42 bits per heavy atom. The normalized spacial score (nSPS) is 10.4. The molecule has 3 heteroatoms. The Balaban J connectivity index is 2.03. The summed E-state index contributed by atoms with van der Waals surface area (Å²) < 4.78 is 13.0. The van der Waals surface area contributed by atoms with Crippen molar-refractivity contribution < 1.29 is 9.18 Å². The highest BCUT2D eigenvalue weighted by atomic mass is 19.1. The summed E-state index contributed by atoms with van der Waals surface area (Å²) in [6.45, 7) is 1.81. The molecule has 0 aliphatic heterocycles. The first-order valence-corrected chi connectivity index (χ1v) is 6.16. The maximum absolute atomic E-state index is 13.0. The van der Waals surface area contributed by atoms with Crippen LogP contribution in [0.5, 0.6) is 0 Å². The van der Waals surface area contributed by atoms with E-state index >= 15 is 0 Å². The topological polar surface area (TPSA) is 43.1 Å². The smallest absolute Gasteiger partial charge is 0.141 e. The Morgan fingerprint density at radius 2 is 1.79 bits per heavy atom. The molecule has 0 saturated carbocycles.